The van der Waals surface area contributed by atoms with Crippen molar-refractivity contribution in [1.82, 2.24) is 0 Å². The lowest BCUT2D eigenvalue weighted by atomic mass is 10.2. The van der Waals surface area contributed by atoms with Gasteiger partial charge in [0.05, 0.1) is 17.7 Å². The largest absolute Gasteiger partial charge is 0.453 e. The topological polar surface area (TPSA) is 79.2 Å². The number of benzene rings is 2. The predicted molar refractivity (Wildman–Crippen MR) is 102 cm³/mol. The van der Waals surface area contributed by atoms with Gasteiger partial charge in [0.1, 0.15) is 6.07 Å². The summed E-state index contributed by atoms with van der Waals surface area (Å²) in [4.78, 5) is 25.1. The Morgan fingerprint density at radius 1 is 1.19 bits per heavy atom. The number of aryl methyl sites for hydroxylation is 1. The fraction of sp³-hybridized carbons (Fsp3) is 0.250. The number of rotatable bonds is 7. The molecule has 134 valence electrons. The van der Waals surface area contributed by atoms with Gasteiger partial charge in [-0.05, 0) is 38.1 Å². The highest BCUT2D eigenvalue weighted by Crippen LogP contribution is 2.19. The maximum atomic E-state index is 12.1. The van der Waals surface area contributed by atoms with Crippen LogP contribution in [0.25, 0.3) is 0 Å². The van der Waals surface area contributed by atoms with Gasteiger partial charge >= 0.3 is 5.97 Å². The van der Waals surface area contributed by atoms with Gasteiger partial charge in [-0.3, -0.25) is 9.59 Å². The highest BCUT2D eigenvalue weighted by Gasteiger charge is 2.18. The van der Waals surface area contributed by atoms with E-state index in [4.69, 9.17) is 10.00 Å². The van der Waals surface area contributed by atoms with Crippen LogP contribution in [-0.2, 0) is 14.3 Å². The molecule has 1 N–H and O–H groups in total. The zero-order valence-electron chi connectivity index (χ0n) is 14.7. The first kappa shape index (κ1) is 19.5. The molecule has 0 unspecified atom stereocenters. The molecule has 1 amide bonds. The lowest BCUT2D eigenvalue weighted by molar-refractivity contribution is -0.152. The van der Waals surface area contributed by atoms with Crippen LogP contribution in [0.5, 0.6) is 0 Å². The first-order chi connectivity index (χ1) is 12.5. The molecule has 26 heavy (non-hydrogen) atoms. The summed E-state index contributed by atoms with van der Waals surface area (Å²) in [5.74, 6) is -0.318. The second-order valence-electron chi connectivity index (χ2n) is 5.69. The summed E-state index contributed by atoms with van der Waals surface area (Å²) in [7, 11) is 0. The number of esters is 1. The molecule has 0 bridgehead atoms. The summed E-state index contributed by atoms with van der Waals surface area (Å²) in [6, 6.07) is 16.7. The molecule has 0 aliphatic heterocycles. The minimum atomic E-state index is -0.932. The van der Waals surface area contributed by atoms with Crippen LogP contribution in [0.15, 0.2) is 53.4 Å². The van der Waals surface area contributed by atoms with Crippen molar-refractivity contribution in [3.63, 3.8) is 0 Å². The van der Waals surface area contributed by atoms with Gasteiger partial charge in [0.25, 0.3) is 5.91 Å². The number of hydrogen-bond donors (Lipinski definition) is 1. The number of anilines is 1. The molecular formula is C20H20N2O3S. The standard InChI is InChI=1S/C20H20N2O3S/c1-14-7-9-17(10-8-14)26-12-11-19(23)25-15(2)20(24)22-18-6-4-3-5-16(18)13-21/h3-10,15H,11-12H2,1-2H3,(H,22,24)/t15-/m1/s1. The molecule has 0 saturated heterocycles. The number of ether oxygens (including phenoxy) is 1. The van der Waals surface area contributed by atoms with E-state index in [0.717, 1.165) is 4.90 Å². The van der Waals surface area contributed by atoms with Crippen molar-refractivity contribution in [2.24, 2.45) is 0 Å². The number of nitrogens with one attached hydrogen (secondary N) is 1. The van der Waals surface area contributed by atoms with Crippen LogP contribution < -0.4 is 5.32 Å². The summed E-state index contributed by atoms with van der Waals surface area (Å²) in [5.41, 5.74) is 1.94. The van der Waals surface area contributed by atoms with Crippen LogP contribution in [-0.4, -0.2) is 23.7 Å². The summed E-state index contributed by atoms with van der Waals surface area (Å²) >= 11 is 1.56. The second kappa shape index (κ2) is 9.64. The monoisotopic (exact) mass is 368 g/mol. The summed E-state index contributed by atoms with van der Waals surface area (Å²) in [5, 5.41) is 11.6. The Balaban J connectivity index is 1.78. The van der Waals surface area contributed by atoms with Crippen LogP contribution in [0.1, 0.15) is 24.5 Å². The Kier molecular flexibility index (Phi) is 7.24. The molecular weight excluding hydrogens is 348 g/mol. The van der Waals surface area contributed by atoms with E-state index in [9.17, 15) is 9.59 Å². The van der Waals surface area contributed by atoms with Gasteiger partial charge < -0.3 is 10.1 Å². The van der Waals surface area contributed by atoms with Gasteiger partial charge in [0, 0.05) is 10.6 Å². The molecule has 6 heteroatoms. The normalized spacial score (nSPS) is 11.3. The number of hydrogen-bond acceptors (Lipinski definition) is 5. The fourth-order valence-electron chi connectivity index (χ4n) is 2.12. The highest BCUT2D eigenvalue weighted by molar-refractivity contribution is 7.99. The third-order valence-electron chi connectivity index (χ3n) is 3.58. The average molecular weight is 368 g/mol. The molecule has 2 rings (SSSR count). The minimum Gasteiger partial charge on any atom is -0.453 e. The number of nitriles is 1. The van der Waals surface area contributed by atoms with Crippen LogP contribution in [0.3, 0.4) is 0 Å². The molecule has 0 aliphatic carbocycles. The first-order valence-electron chi connectivity index (χ1n) is 8.18. The van der Waals surface area contributed by atoms with Crippen molar-refractivity contribution in [3.8, 4) is 6.07 Å². The zero-order valence-corrected chi connectivity index (χ0v) is 15.5. The molecule has 0 spiro atoms. The smallest absolute Gasteiger partial charge is 0.307 e. The van der Waals surface area contributed by atoms with E-state index < -0.39 is 18.0 Å². The Hall–Kier alpha value is -2.78. The second-order valence-corrected chi connectivity index (χ2v) is 6.86. The number of nitrogens with zero attached hydrogens (tertiary/aromatic N) is 1. The molecule has 2 aromatic carbocycles. The Morgan fingerprint density at radius 3 is 2.58 bits per heavy atom. The molecule has 5 nitrogen and oxygen atoms in total. The molecule has 0 fully saturated rings. The Bertz CT molecular complexity index is 813. The van der Waals surface area contributed by atoms with Crippen LogP contribution in [0, 0.1) is 18.3 Å². The number of carbonyl (C=O) groups is 2. The quantitative estimate of drug-likeness (QED) is 0.592. The molecule has 1 atom stereocenters. The number of carbonyl (C=O) groups excluding carboxylic acids is 2. The Morgan fingerprint density at radius 2 is 1.88 bits per heavy atom. The van der Waals surface area contributed by atoms with E-state index in [0.29, 0.717) is 17.0 Å². The van der Waals surface area contributed by atoms with Crippen LogP contribution in [0.4, 0.5) is 5.69 Å². The van der Waals surface area contributed by atoms with Gasteiger partial charge in [0.15, 0.2) is 6.10 Å². The van der Waals surface area contributed by atoms with Gasteiger partial charge in [-0.2, -0.15) is 5.26 Å². The Labute approximate surface area is 157 Å². The van der Waals surface area contributed by atoms with Gasteiger partial charge in [-0.25, -0.2) is 0 Å². The summed E-state index contributed by atoms with van der Waals surface area (Å²) in [6.07, 6.45) is -0.719. The molecule has 0 aromatic heterocycles. The SMILES string of the molecule is Cc1ccc(SCCC(=O)O[C@H](C)C(=O)Nc2ccccc2C#N)cc1. The first-order valence-corrected chi connectivity index (χ1v) is 9.17. The minimum absolute atomic E-state index is 0.213. The highest BCUT2D eigenvalue weighted by atomic mass is 32.2. The van der Waals surface area contributed by atoms with E-state index in [1.54, 1.807) is 36.0 Å². The van der Waals surface area contributed by atoms with E-state index in [1.165, 1.54) is 12.5 Å². The molecule has 0 saturated carbocycles. The fourth-order valence-corrected chi connectivity index (χ4v) is 2.95. The van der Waals surface area contributed by atoms with Crippen molar-refractivity contribution >= 4 is 29.3 Å². The van der Waals surface area contributed by atoms with Crippen LogP contribution >= 0.6 is 11.8 Å². The number of amides is 1. The zero-order chi connectivity index (χ0) is 18.9. The van der Waals surface area contributed by atoms with E-state index in [1.807, 2.05) is 37.3 Å². The van der Waals surface area contributed by atoms with Crippen LogP contribution in [0.2, 0.25) is 0 Å². The number of thioether (sulfide) groups is 1. The van der Waals surface area contributed by atoms with Gasteiger partial charge in [0.2, 0.25) is 0 Å². The average Bonchev–Trinajstić information content (AvgIpc) is 2.63. The van der Waals surface area contributed by atoms with Crippen molar-refractivity contribution in [1.29, 1.82) is 5.26 Å². The van der Waals surface area contributed by atoms with Gasteiger partial charge in [-0.1, -0.05) is 29.8 Å². The van der Waals surface area contributed by atoms with Crippen molar-refractivity contribution in [2.45, 2.75) is 31.3 Å². The maximum Gasteiger partial charge on any atom is 0.307 e. The van der Waals surface area contributed by atoms with E-state index >= 15 is 0 Å². The third-order valence-corrected chi connectivity index (χ3v) is 4.59. The lowest BCUT2D eigenvalue weighted by Gasteiger charge is -2.14. The number of para-hydroxylation sites is 1. The molecule has 0 radical (unpaired) electrons. The molecule has 0 aliphatic rings. The van der Waals surface area contributed by atoms with Crippen molar-refractivity contribution in [2.75, 3.05) is 11.1 Å². The molecule has 0 heterocycles. The third kappa shape index (κ3) is 5.94. The molecule has 2 aromatic rings. The predicted octanol–water partition coefficient (Wildman–Crippen LogP) is 3.92. The van der Waals surface area contributed by atoms with Crippen molar-refractivity contribution in [3.05, 3.63) is 59.7 Å². The van der Waals surface area contributed by atoms with E-state index in [2.05, 4.69) is 5.32 Å². The lowest BCUT2D eigenvalue weighted by Crippen LogP contribution is -2.30. The van der Waals surface area contributed by atoms with Crippen molar-refractivity contribution < 1.29 is 14.3 Å². The van der Waals surface area contributed by atoms with Gasteiger partial charge in [-0.15, -0.1) is 11.8 Å². The van der Waals surface area contributed by atoms with E-state index in [-0.39, 0.29) is 6.42 Å². The maximum absolute atomic E-state index is 12.1. The summed E-state index contributed by atoms with van der Waals surface area (Å²) < 4.78 is 5.17. The summed E-state index contributed by atoms with van der Waals surface area (Å²) in [6.45, 7) is 3.53.